The van der Waals surface area contributed by atoms with E-state index in [1.807, 2.05) is 0 Å². The lowest BCUT2D eigenvalue weighted by Gasteiger charge is -2.04. The molecule has 0 aliphatic carbocycles. The van der Waals surface area contributed by atoms with E-state index in [-0.39, 0.29) is 11.8 Å². The molecule has 0 heterocycles. The van der Waals surface area contributed by atoms with Crippen LogP contribution in [0.15, 0.2) is 0 Å². The van der Waals surface area contributed by atoms with E-state index in [0.29, 0.717) is 19.5 Å². The van der Waals surface area contributed by atoms with Gasteiger partial charge in [-0.3, -0.25) is 9.59 Å². The van der Waals surface area contributed by atoms with Crippen LogP contribution in [0, 0.1) is 0 Å². The third kappa shape index (κ3) is 9.38. The fraction of sp³-hybridized carbons (Fsp3) is 0.778. The van der Waals surface area contributed by atoms with Gasteiger partial charge >= 0.3 is 0 Å². The van der Waals surface area contributed by atoms with Crippen LogP contribution in [0.3, 0.4) is 0 Å². The summed E-state index contributed by atoms with van der Waals surface area (Å²) >= 11 is 4.01. The Balaban J connectivity index is 3.19. The van der Waals surface area contributed by atoms with E-state index in [0.717, 1.165) is 18.6 Å². The van der Waals surface area contributed by atoms with E-state index >= 15 is 0 Å². The van der Waals surface area contributed by atoms with Gasteiger partial charge in [-0.1, -0.05) is 0 Å². The fourth-order valence-electron chi connectivity index (χ4n) is 0.909. The number of nitrogens with one attached hydrogen (secondary N) is 2. The van der Waals surface area contributed by atoms with Gasteiger partial charge in [-0.25, -0.2) is 0 Å². The standard InChI is InChI=1S/C9H18N2O2S/c1-8(12)10-5-3-6-11-9(13)4-2-7-14/h14H,2-7H2,1H3,(H,10,12)(H,11,13). The molecular weight excluding hydrogens is 200 g/mol. The van der Waals surface area contributed by atoms with Crippen molar-refractivity contribution >= 4 is 24.4 Å². The predicted molar refractivity (Wildman–Crippen MR) is 59.4 cm³/mol. The Morgan fingerprint density at radius 2 is 1.79 bits per heavy atom. The minimum atomic E-state index is -0.0357. The highest BCUT2D eigenvalue weighted by atomic mass is 32.1. The number of hydrogen-bond donors (Lipinski definition) is 3. The molecule has 0 atom stereocenters. The average Bonchev–Trinajstić information content (AvgIpc) is 2.13. The van der Waals surface area contributed by atoms with Crippen LogP contribution in [0.2, 0.25) is 0 Å². The van der Waals surface area contributed by atoms with Crippen LogP contribution in [0.4, 0.5) is 0 Å². The molecule has 0 aliphatic heterocycles. The van der Waals surface area contributed by atoms with Crippen LogP contribution in [0.5, 0.6) is 0 Å². The Hall–Kier alpha value is -0.710. The van der Waals surface area contributed by atoms with E-state index in [9.17, 15) is 9.59 Å². The van der Waals surface area contributed by atoms with Crippen molar-refractivity contribution in [3.8, 4) is 0 Å². The van der Waals surface area contributed by atoms with Gasteiger partial charge in [0.05, 0.1) is 0 Å². The molecule has 0 bridgehead atoms. The lowest BCUT2D eigenvalue weighted by molar-refractivity contribution is -0.121. The Labute approximate surface area is 90.2 Å². The summed E-state index contributed by atoms with van der Waals surface area (Å²) in [7, 11) is 0. The van der Waals surface area contributed by atoms with Crippen molar-refractivity contribution in [1.29, 1.82) is 0 Å². The van der Waals surface area contributed by atoms with Crippen LogP contribution in [0.25, 0.3) is 0 Å². The SMILES string of the molecule is CC(=O)NCCCNC(=O)CCCS. The Morgan fingerprint density at radius 3 is 2.36 bits per heavy atom. The summed E-state index contributed by atoms with van der Waals surface area (Å²) in [6.45, 7) is 2.71. The van der Waals surface area contributed by atoms with Crippen LogP contribution < -0.4 is 10.6 Å². The first kappa shape index (κ1) is 13.3. The minimum absolute atomic E-state index is 0.0357. The molecule has 4 nitrogen and oxygen atoms in total. The summed E-state index contributed by atoms with van der Waals surface area (Å²) in [6.07, 6.45) is 2.11. The Bertz CT molecular complexity index is 186. The molecule has 82 valence electrons. The molecule has 2 N–H and O–H groups in total. The van der Waals surface area contributed by atoms with E-state index < -0.39 is 0 Å². The van der Waals surface area contributed by atoms with Gasteiger partial charge in [-0.2, -0.15) is 12.6 Å². The highest BCUT2D eigenvalue weighted by Gasteiger charge is 1.98. The summed E-state index contributed by atoms with van der Waals surface area (Å²) in [5, 5.41) is 5.43. The Morgan fingerprint density at radius 1 is 1.14 bits per heavy atom. The molecule has 14 heavy (non-hydrogen) atoms. The molecule has 0 aromatic carbocycles. The highest BCUT2D eigenvalue weighted by Crippen LogP contribution is 1.90. The second-order valence-electron chi connectivity index (χ2n) is 3.01. The predicted octanol–water partition coefficient (Wildman–Crippen LogP) is 0.339. The molecule has 0 rings (SSSR count). The second-order valence-corrected chi connectivity index (χ2v) is 3.46. The van der Waals surface area contributed by atoms with Gasteiger partial charge in [0.2, 0.25) is 11.8 Å². The molecule has 0 aliphatic rings. The number of thiol groups is 1. The van der Waals surface area contributed by atoms with Crippen LogP contribution in [0.1, 0.15) is 26.2 Å². The third-order valence-electron chi connectivity index (χ3n) is 1.61. The van der Waals surface area contributed by atoms with Crippen molar-refractivity contribution in [3.63, 3.8) is 0 Å². The highest BCUT2D eigenvalue weighted by molar-refractivity contribution is 7.80. The van der Waals surface area contributed by atoms with E-state index in [2.05, 4.69) is 23.3 Å². The third-order valence-corrected chi connectivity index (χ3v) is 1.93. The number of rotatable bonds is 7. The van der Waals surface area contributed by atoms with Gasteiger partial charge in [0.1, 0.15) is 0 Å². The molecule has 0 aromatic rings. The smallest absolute Gasteiger partial charge is 0.220 e. The first-order valence-electron chi connectivity index (χ1n) is 4.79. The topological polar surface area (TPSA) is 58.2 Å². The van der Waals surface area contributed by atoms with E-state index in [1.165, 1.54) is 6.92 Å². The first-order valence-corrected chi connectivity index (χ1v) is 5.42. The molecule has 0 unspecified atom stereocenters. The maximum Gasteiger partial charge on any atom is 0.220 e. The molecule has 0 aromatic heterocycles. The number of carbonyl (C=O) groups excluding carboxylic acids is 2. The normalized spacial score (nSPS) is 9.57. The zero-order valence-corrected chi connectivity index (χ0v) is 9.40. The minimum Gasteiger partial charge on any atom is -0.356 e. The van der Waals surface area contributed by atoms with Gasteiger partial charge in [0, 0.05) is 26.4 Å². The molecule has 0 saturated carbocycles. The maximum atomic E-state index is 11.1. The van der Waals surface area contributed by atoms with E-state index in [4.69, 9.17) is 0 Å². The summed E-state index contributed by atoms with van der Waals surface area (Å²) in [4.78, 5) is 21.5. The molecule has 0 fully saturated rings. The molecule has 5 heteroatoms. The summed E-state index contributed by atoms with van der Waals surface area (Å²) < 4.78 is 0. The fourth-order valence-corrected chi connectivity index (χ4v) is 1.07. The van der Waals surface area contributed by atoms with Crippen LogP contribution in [-0.2, 0) is 9.59 Å². The summed E-state index contributed by atoms with van der Waals surface area (Å²) in [5.41, 5.74) is 0. The number of amides is 2. The van der Waals surface area contributed by atoms with Crippen molar-refractivity contribution in [3.05, 3.63) is 0 Å². The second kappa shape index (κ2) is 8.87. The lowest BCUT2D eigenvalue weighted by Crippen LogP contribution is -2.28. The molecule has 0 radical (unpaired) electrons. The van der Waals surface area contributed by atoms with Crippen LogP contribution in [-0.4, -0.2) is 30.7 Å². The van der Waals surface area contributed by atoms with Crippen molar-refractivity contribution < 1.29 is 9.59 Å². The van der Waals surface area contributed by atoms with Crippen molar-refractivity contribution in [2.75, 3.05) is 18.8 Å². The Kier molecular flexibility index (Phi) is 8.42. The first-order chi connectivity index (χ1) is 6.66. The monoisotopic (exact) mass is 218 g/mol. The maximum absolute atomic E-state index is 11.1. The zero-order chi connectivity index (χ0) is 10.8. The van der Waals surface area contributed by atoms with Gasteiger partial charge < -0.3 is 10.6 Å². The van der Waals surface area contributed by atoms with Gasteiger partial charge in [0.25, 0.3) is 0 Å². The van der Waals surface area contributed by atoms with Gasteiger partial charge in [-0.05, 0) is 18.6 Å². The van der Waals surface area contributed by atoms with Gasteiger partial charge in [-0.15, -0.1) is 0 Å². The zero-order valence-electron chi connectivity index (χ0n) is 8.51. The summed E-state index contributed by atoms with van der Waals surface area (Å²) in [5.74, 6) is 0.757. The molecular formula is C9H18N2O2S. The number of carbonyl (C=O) groups is 2. The molecule has 0 saturated heterocycles. The van der Waals surface area contributed by atoms with E-state index in [1.54, 1.807) is 0 Å². The van der Waals surface area contributed by atoms with Gasteiger partial charge in [0.15, 0.2) is 0 Å². The lowest BCUT2D eigenvalue weighted by atomic mass is 10.3. The molecule has 0 spiro atoms. The summed E-state index contributed by atoms with van der Waals surface area (Å²) in [6, 6.07) is 0. The van der Waals surface area contributed by atoms with Crippen molar-refractivity contribution in [2.45, 2.75) is 26.2 Å². The average molecular weight is 218 g/mol. The number of hydrogen-bond acceptors (Lipinski definition) is 3. The van der Waals surface area contributed by atoms with Crippen molar-refractivity contribution in [1.82, 2.24) is 10.6 Å². The largest absolute Gasteiger partial charge is 0.356 e. The quantitative estimate of drug-likeness (QED) is 0.426. The van der Waals surface area contributed by atoms with Crippen molar-refractivity contribution in [2.24, 2.45) is 0 Å². The van der Waals surface area contributed by atoms with Crippen LogP contribution >= 0.6 is 12.6 Å². The molecule has 2 amide bonds.